The van der Waals surface area contributed by atoms with E-state index in [4.69, 9.17) is 18.9 Å². The molecule has 7 rings (SSSR count). The van der Waals surface area contributed by atoms with Crippen LogP contribution in [0.3, 0.4) is 0 Å². The van der Waals surface area contributed by atoms with Crippen LogP contribution in [0.1, 0.15) is 59.1 Å². The monoisotopic (exact) mass is 762 g/mol. The second kappa shape index (κ2) is 15.9. The molecule has 0 aromatic heterocycles. The molecule has 4 aromatic carbocycles. The minimum absolute atomic E-state index is 0.302. The normalized spacial score (nSPS) is 17.9. The summed E-state index contributed by atoms with van der Waals surface area (Å²) >= 11 is 0. The van der Waals surface area contributed by atoms with Crippen LogP contribution in [0.2, 0.25) is 0 Å². The number of anilines is 3. The van der Waals surface area contributed by atoms with E-state index >= 15 is 0 Å². The van der Waals surface area contributed by atoms with Gasteiger partial charge in [-0.05, 0) is 92.5 Å². The Balaban J connectivity index is 1.42. The molecule has 294 valence electrons. The first-order valence-electron chi connectivity index (χ1n) is 19.9. The fourth-order valence-electron chi connectivity index (χ4n) is 8.72. The van der Waals surface area contributed by atoms with Crippen molar-refractivity contribution in [3.8, 4) is 23.0 Å². The summed E-state index contributed by atoms with van der Waals surface area (Å²) in [4.78, 5) is 4.81. The topological polar surface area (TPSA) is 46.4 Å². The highest BCUT2D eigenvalue weighted by Gasteiger charge is 2.47. The second-order valence-electron chi connectivity index (χ2n) is 15.6. The van der Waals surface area contributed by atoms with Gasteiger partial charge in [-0.1, -0.05) is 75.4 Å². The fraction of sp³-hybridized carbons (Fsp3) is 0.300. The average Bonchev–Trinajstić information content (AvgIpc) is 3.80. The number of methoxy groups -OCH3 is 4. The Morgan fingerprint density at radius 2 is 1.26 bits per heavy atom. The average molecular weight is 763 g/mol. The molecular weight excluding hydrogens is 707 g/mol. The number of ether oxygens (including phenoxy) is 4. The first-order chi connectivity index (χ1) is 27.5. The number of hydrogen-bond acceptors (Lipinski definition) is 6. The summed E-state index contributed by atoms with van der Waals surface area (Å²) in [7, 11) is 6.89. The van der Waals surface area contributed by atoms with Crippen LogP contribution in [-0.2, 0) is 10.8 Å². The van der Waals surface area contributed by atoms with E-state index in [9.17, 15) is 0 Å². The van der Waals surface area contributed by atoms with Crippen LogP contribution in [0.5, 0.6) is 23.0 Å². The zero-order valence-electron chi connectivity index (χ0n) is 35.1. The highest BCUT2D eigenvalue weighted by molar-refractivity contribution is 6.04. The molecule has 0 saturated carbocycles. The minimum Gasteiger partial charge on any atom is -0.497 e. The van der Waals surface area contributed by atoms with Gasteiger partial charge >= 0.3 is 0 Å². The highest BCUT2D eigenvalue weighted by Crippen LogP contribution is 2.54. The zero-order chi connectivity index (χ0) is 40.5. The predicted octanol–water partition coefficient (Wildman–Crippen LogP) is 11.4. The Morgan fingerprint density at radius 1 is 0.667 bits per heavy atom. The smallest absolute Gasteiger partial charge is 0.252 e. The lowest BCUT2D eigenvalue weighted by Gasteiger charge is -2.29. The Labute approximate surface area is 339 Å². The van der Waals surface area contributed by atoms with E-state index in [1.165, 1.54) is 22.5 Å². The maximum Gasteiger partial charge on any atom is 0.252 e. The Kier molecular flexibility index (Phi) is 11.0. The van der Waals surface area contributed by atoms with Crippen molar-refractivity contribution in [3.63, 3.8) is 0 Å². The second-order valence-corrected chi connectivity index (χ2v) is 15.6. The quantitative estimate of drug-likeness (QED) is 0.126. The molecule has 4 aromatic rings. The molecule has 0 radical (unpaired) electrons. The van der Waals surface area contributed by atoms with E-state index in [1.54, 1.807) is 28.4 Å². The molecule has 2 aliphatic heterocycles. The summed E-state index contributed by atoms with van der Waals surface area (Å²) in [6.45, 7) is 15.2. The fourth-order valence-corrected chi connectivity index (χ4v) is 8.72. The molecule has 1 aliphatic carbocycles. The van der Waals surface area contributed by atoms with Crippen LogP contribution < -0.4 is 28.7 Å². The van der Waals surface area contributed by atoms with Crippen molar-refractivity contribution in [2.45, 2.75) is 58.8 Å². The third-order valence-corrected chi connectivity index (χ3v) is 11.6. The molecule has 7 nitrogen and oxygen atoms in total. The van der Waals surface area contributed by atoms with Gasteiger partial charge in [0.1, 0.15) is 23.8 Å². The third kappa shape index (κ3) is 6.83. The van der Waals surface area contributed by atoms with E-state index in [0.717, 1.165) is 82.1 Å². The number of hydrogen-bond donors (Lipinski definition) is 0. The van der Waals surface area contributed by atoms with Crippen LogP contribution >= 0.6 is 0 Å². The van der Waals surface area contributed by atoms with Crippen LogP contribution in [0, 0.1) is 0 Å². The molecule has 0 unspecified atom stereocenters. The van der Waals surface area contributed by atoms with Gasteiger partial charge in [0.15, 0.2) is 11.5 Å². The predicted molar refractivity (Wildman–Crippen MR) is 235 cm³/mol. The van der Waals surface area contributed by atoms with Crippen molar-refractivity contribution in [1.29, 1.82) is 0 Å². The van der Waals surface area contributed by atoms with Crippen LogP contribution in [0.15, 0.2) is 144 Å². The van der Waals surface area contributed by atoms with Crippen LogP contribution in [0.4, 0.5) is 22.7 Å². The lowest BCUT2D eigenvalue weighted by molar-refractivity contribution is -0.433. The number of allylic oxidation sites excluding steroid dienone is 8. The van der Waals surface area contributed by atoms with Crippen molar-refractivity contribution in [2.24, 2.45) is 0 Å². The highest BCUT2D eigenvalue weighted by atomic mass is 16.5. The molecule has 2 heterocycles. The van der Waals surface area contributed by atoms with Gasteiger partial charge in [0, 0.05) is 52.8 Å². The van der Waals surface area contributed by atoms with Gasteiger partial charge in [-0.25, -0.2) is 0 Å². The molecule has 57 heavy (non-hydrogen) atoms. The SMILES string of the molecule is CCCN1/C(=C/C=C2\C=CC(/C=C/C3=[N+](CC)c4c(OC)cc(OC)cc4C3(C)C)=C2N(c2ccccc2)c2ccccc2)C(C)(C)c2cc(OC)cc(OC)c21. The van der Waals surface area contributed by atoms with E-state index in [-0.39, 0.29) is 10.8 Å². The minimum atomic E-state index is -0.302. The number of benzene rings is 4. The van der Waals surface area contributed by atoms with Gasteiger partial charge in [0.25, 0.3) is 5.69 Å². The van der Waals surface area contributed by atoms with Crippen molar-refractivity contribution >= 4 is 28.5 Å². The van der Waals surface area contributed by atoms with E-state index in [1.807, 2.05) is 12.1 Å². The van der Waals surface area contributed by atoms with Crippen LogP contribution in [0.25, 0.3) is 0 Å². The van der Waals surface area contributed by atoms with Gasteiger partial charge < -0.3 is 28.7 Å². The first kappa shape index (κ1) is 39.3. The van der Waals surface area contributed by atoms with Gasteiger partial charge in [-0.3, -0.25) is 0 Å². The van der Waals surface area contributed by atoms with Crippen molar-refractivity contribution in [3.05, 3.63) is 155 Å². The maximum atomic E-state index is 5.98. The summed E-state index contributed by atoms with van der Waals surface area (Å²) in [6.07, 6.45) is 14.7. The molecule has 0 N–H and O–H groups in total. The van der Waals surface area contributed by atoms with Gasteiger partial charge in [0.05, 0.1) is 45.2 Å². The lowest BCUT2D eigenvalue weighted by Crippen LogP contribution is -2.27. The first-order valence-corrected chi connectivity index (χ1v) is 19.9. The summed E-state index contributed by atoms with van der Waals surface area (Å²) in [5.74, 6) is 3.22. The molecule has 7 heteroatoms. The molecule has 0 amide bonds. The van der Waals surface area contributed by atoms with Crippen molar-refractivity contribution < 1.29 is 23.5 Å². The van der Waals surface area contributed by atoms with E-state index in [2.05, 4.69) is 165 Å². The zero-order valence-corrected chi connectivity index (χ0v) is 35.1. The molecule has 0 fully saturated rings. The number of fused-ring (bicyclic) bond motifs is 2. The Bertz CT molecular complexity index is 2310. The van der Waals surface area contributed by atoms with Gasteiger partial charge in [-0.2, -0.15) is 4.58 Å². The molecule has 3 aliphatic rings. The molecule has 0 atom stereocenters. The summed E-state index contributed by atoms with van der Waals surface area (Å²) in [5, 5.41) is 0. The molecule has 0 spiro atoms. The third-order valence-electron chi connectivity index (χ3n) is 11.6. The molecular formula is C50H56N3O4+. The van der Waals surface area contributed by atoms with Gasteiger partial charge in [0.2, 0.25) is 0 Å². The van der Waals surface area contributed by atoms with Crippen LogP contribution in [-0.4, -0.2) is 51.8 Å². The van der Waals surface area contributed by atoms with Crippen molar-refractivity contribution in [1.82, 2.24) is 0 Å². The van der Waals surface area contributed by atoms with E-state index in [0.29, 0.717) is 0 Å². The summed E-state index contributed by atoms with van der Waals surface area (Å²) < 4.78 is 25.8. The summed E-state index contributed by atoms with van der Waals surface area (Å²) in [6, 6.07) is 29.6. The largest absolute Gasteiger partial charge is 0.497 e. The van der Waals surface area contributed by atoms with Crippen molar-refractivity contribution in [2.75, 3.05) is 51.3 Å². The Hall–Kier alpha value is -5.95. The van der Waals surface area contributed by atoms with E-state index < -0.39 is 0 Å². The molecule has 0 saturated heterocycles. The number of rotatable bonds is 13. The number of para-hydroxylation sites is 2. The lowest BCUT2D eigenvalue weighted by atomic mass is 9.81. The maximum absolute atomic E-state index is 5.98. The summed E-state index contributed by atoms with van der Waals surface area (Å²) in [5.41, 5.74) is 11.9. The standard InChI is InChI=1S/C50H56N3O4/c1-11-29-52-45(50(5,6)41-31-39(55-8)33-43(57-10)48(41)52)28-26-35-24-23-34(46(35)53(36-19-15-13-16-20-36)37-21-17-14-18-22-37)25-27-44-49(3,4)40-30-38(54-7)32-42(56-9)47(40)51(44)12-2/h13-28,30-33H,11-12,29H2,1-10H3/q+1. The Morgan fingerprint density at radius 3 is 1.82 bits per heavy atom. The molecule has 0 bridgehead atoms. The number of nitrogens with zero attached hydrogens (tertiary/aromatic N) is 3. The van der Waals surface area contributed by atoms with Gasteiger partial charge in [-0.15, -0.1) is 0 Å².